The Balaban J connectivity index is 1.79. The van der Waals surface area contributed by atoms with E-state index in [1.807, 2.05) is 6.07 Å². The fraction of sp³-hybridized carbons (Fsp3) is 0.462. The van der Waals surface area contributed by atoms with Gasteiger partial charge >= 0.3 is 0 Å². The number of piperidine rings is 1. The lowest BCUT2D eigenvalue weighted by Crippen LogP contribution is -2.26. The van der Waals surface area contributed by atoms with E-state index in [1.54, 1.807) is 19.4 Å². The average molecular weight is 260 g/mol. The maximum atomic E-state index is 5.33. The summed E-state index contributed by atoms with van der Waals surface area (Å²) in [4.78, 5) is 8.57. The first kappa shape index (κ1) is 12.1. The van der Waals surface area contributed by atoms with Crippen molar-refractivity contribution in [1.82, 2.24) is 20.4 Å². The van der Waals surface area contributed by atoms with Gasteiger partial charge in [-0.2, -0.15) is 4.98 Å². The summed E-state index contributed by atoms with van der Waals surface area (Å²) >= 11 is 0. The van der Waals surface area contributed by atoms with Crippen LogP contribution in [0.2, 0.25) is 0 Å². The zero-order chi connectivity index (χ0) is 13.1. The van der Waals surface area contributed by atoms with Crippen LogP contribution < -0.4 is 10.1 Å². The van der Waals surface area contributed by atoms with Crippen LogP contribution in [0.15, 0.2) is 22.9 Å². The SMILES string of the molecule is COc1ccc(-c2noc([C@H]3CCCCN3)n2)cn1. The van der Waals surface area contributed by atoms with E-state index < -0.39 is 0 Å². The Hall–Kier alpha value is -1.95. The summed E-state index contributed by atoms with van der Waals surface area (Å²) in [5.41, 5.74) is 0.826. The van der Waals surface area contributed by atoms with Crippen molar-refractivity contribution in [3.63, 3.8) is 0 Å². The van der Waals surface area contributed by atoms with E-state index in [0.717, 1.165) is 18.5 Å². The van der Waals surface area contributed by atoms with Gasteiger partial charge in [-0.3, -0.25) is 0 Å². The molecule has 1 saturated heterocycles. The molecule has 3 heterocycles. The van der Waals surface area contributed by atoms with E-state index in [1.165, 1.54) is 12.8 Å². The van der Waals surface area contributed by atoms with Crippen molar-refractivity contribution in [3.8, 4) is 17.3 Å². The number of nitrogens with one attached hydrogen (secondary N) is 1. The normalized spacial score (nSPS) is 19.3. The Labute approximate surface area is 111 Å². The number of hydrogen-bond donors (Lipinski definition) is 1. The van der Waals surface area contributed by atoms with Crippen molar-refractivity contribution >= 4 is 0 Å². The number of pyridine rings is 1. The zero-order valence-electron chi connectivity index (χ0n) is 10.8. The number of rotatable bonds is 3. The standard InChI is InChI=1S/C13H16N4O2/c1-18-11-6-5-9(8-15-11)12-16-13(19-17-12)10-4-2-3-7-14-10/h5-6,8,10,14H,2-4,7H2,1H3/t10-/m1/s1. The molecule has 6 heteroatoms. The summed E-state index contributed by atoms with van der Waals surface area (Å²) in [5.74, 6) is 1.80. The van der Waals surface area contributed by atoms with Crippen LogP contribution >= 0.6 is 0 Å². The first-order chi connectivity index (χ1) is 9.36. The van der Waals surface area contributed by atoms with Gasteiger partial charge in [-0.15, -0.1) is 0 Å². The van der Waals surface area contributed by atoms with Crippen LogP contribution in [0.3, 0.4) is 0 Å². The molecule has 1 aliphatic heterocycles. The highest BCUT2D eigenvalue weighted by Crippen LogP contribution is 2.24. The Kier molecular flexibility index (Phi) is 3.41. The van der Waals surface area contributed by atoms with Gasteiger partial charge in [-0.25, -0.2) is 4.98 Å². The first-order valence-corrected chi connectivity index (χ1v) is 6.44. The van der Waals surface area contributed by atoms with E-state index in [4.69, 9.17) is 9.26 Å². The van der Waals surface area contributed by atoms with Crippen LogP contribution in [-0.2, 0) is 0 Å². The van der Waals surface area contributed by atoms with Crippen molar-refractivity contribution < 1.29 is 9.26 Å². The number of ether oxygens (including phenoxy) is 1. The minimum absolute atomic E-state index is 0.182. The highest BCUT2D eigenvalue weighted by atomic mass is 16.5. The second-order valence-corrected chi connectivity index (χ2v) is 4.55. The molecule has 0 radical (unpaired) electrons. The Morgan fingerprint density at radius 3 is 3.00 bits per heavy atom. The second-order valence-electron chi connectivity index (χ2n) is 4.55. The van der Waals surface area contributed by atoms with Crippen LogP contribution in [0.25, 0.3) is 11.4 Å². The summed E-state index contributed by atoms with van der Waals surface area (Å²) in [5, 5.41) is 7.40. The Morgan fingerprint density at radius 2 is 2.32 bits per heavy atom. The molecule has 0 saturated carbocycles. The monoisotopic (exact) mass is 260 g/mol. The quantitative estimate of drug-likeness (QED) is 0.909. The average Bonchev–Trinajstić information content (AvgIpc) is 2.98. The molecule has 0 spiro atoms. The lowest BCUT2D eigenvalue weighted by atomic mass is 10.1. The van der Waals surface area contributed by atoms with E-state index >= 15 is 0 Å². The van der Waals surface area contributed by atoms with E-state index in [9.17, 15) is 0 Å². The highest BCUT2D eigenvalue weighted by Gasteiger charge is 2.21. The lowest BCUT2D eigenvalue weighted by molar-refractivity contribution is 0.297. The number of nitrogens with zero attached hydrogens (tertiary/aromatic N) is 3. The maximum Gasteiger partial charge on any atom is 0.244 e. The van der Waals surface area contributed by atoms with Gasteiger partial charge in [0.05, 0.1) is 13.2 Å². The van der Waals surface area contributed by atoms with Crippen LogP contribution in [0, 0.1) is 0 Å². The van der Waals surface area contributed by atoms with Crippen molar-refractivity contribution in [3.05, 3.63) is 24.2 Å². The van der Waals surface area contributed by atoms with E-state index in [2.05, 4.69) is 20.4 Å². The molecular weight excluding hydrogens is 244 g/mol. The van der Waals surface area contributed by atoms with E-state index in [0.29, 0.717) is 17.6 Å². The molecule has 0 amide bonds. The minimum Gasteiger partial charge on any atom is -0.481 e. The van der Waals surface area contributed by atoms with Gasteiger partial charge in [0.2, 0.25) is 17.6 Å². The zero-order valence-corrected chi connectivity index (χ0v) is 10.8. The fourth-order valence-corrected chi connectivity index (χ4v) is 2.19. The summed E-state index contributed by atoms with van der Waals surface area (Å²) in [7, 11) is 1.59. The van der Waals surface area contributed by atoms with E-state index in [-0.39, 0.29) is 6.04 Å². The predicted molar refractivity (Wildman–Crippen MR) is 68.7 cm³/mol. The van der Waals surface area contributed by atoms with Gasteiger partial charge in [0, 0.05) is 17.8 Å². The largest absolute Gasteiger partial charge is 0.481 e. The molecule has 1 atom stereocenters. The molecule has 1 fully saturated rings. The number of methoxy groups -OCH3 is 1. The molecule has 0 aliphatic carbocycles. The smallest absolute Gasteiger partial charge is 0.244 e. The summed E-state index contributed by atoms with van der Waals surface area (Å²) in [6.45, 7) is 1.01. The van der Waals surface area contributed by atoms with Gasteiger partial charge in [0.15, 0.2) is 0 Å². The highest BCUT2D eigenvalue weighted by molar-refractivity contribution is 5.53. The predicted octanol–water partition coefficient (Wildman–Crippen LogP) is 1.95. The van der Waals surface area contributed by atoms with Crippen molar-refractivity contribution in [2.45, 2.75) is 25.3 Å². The third-order valence-corrected chi connectivity index (χ3v) is 3.25. The molecule has 2 aromatic rings. The Morgan fingerprint density at radius 1 is 1.37 bits per heavy atom. The van der Waals surface area contributed by atoms with Crippen LogP contribution in [0.1, 0.15) is 31.2 Å². The fourth-order valence-electron chi connectivity index (χ4n) is 2.19. The summed E-state index contributed by atoms with van der Waals surface area (Å²) in [6, 6.07) is 3.83. The first-order valence-electron chi connectivity index (χ1n) is 6.44. The summed E-state index contributed by atoms with van der Waals surface area (Å²) < 4.78 is 10.4. The molecule has 2 aromatic heterocycles. The molecule has 1 aliphatic rings. The minimum atomic E-state index is 0.182. The third kappa shape index (κ3) is 2.58. The molecule has 0 unspecified atom stereocenters. The molecule has 0 bridgehead atoms. The molecule has 6 nitrogen and oxygen atoms in total. The van der Waals surface area contributed by atoms with Crippen LogP contribution in [0.5, 0.6) is 5.88 Å². The summed E-state index contributed by atoms with van der Waals surface area (Å²) in [6.07, 6.45) is 5.13. The third-order valence-electron chi connectivity index (χ3n) is 3.25. The van der Waals surface area contributed by atoms with Gasteiger partial charge in [0.25, 0.3) is 0 Å². The molecule has 1 N–H and O–H groups in total. The van der Waals surface area contributed by atoms with Gasteiger partial charge in [-0.1, -0.05) is 11.6 Å². The molecule has 100 valence electrons. The second kappa shape index (κ2) is 5.36. The van der Waals surface area contributed by atoms with Crippen LogP contribution in [0.4, 0.5) is 0 Å². The Bertz CT molecular complexity index is 532. The molecule has 3 rings (SSSR count). The lowest BCUT2D eigenvalue weighted by Gasteiger charge is -2.19. The maximum absolute atomic E-state index is 5.33. The molecular formula is C13H16N4O2. The van der Waals surface area contributed by atoms with Crippen molar-refractivity contribution in [1.29, 1.82) is 0 Å². The van der Waals surface area contributed by atoms with Crippen molar-refractivity contribution in [2.75, 3.05) is 13.7 Å². The van der Waals surface area contributed by atoms with Crippen molar-refractivity contribution in [2.24, 2.45) is 0 Å². The topological polar surface area (TPSA) is 73.1 Å². The number of aromatic nitrogens is 3. The number of hydrogen-bond acceptors (Lipinski definition) is 6. The van der Waals surface area contributed by atoms with Gasteiger partial charge in [-0.05, 0) is 25.5 Å². The van der Waals surface area contributed by atoms with Gasteiger partial charge in [0.1, 0.15) is 0 Å². The van der Waals surface area contributed by atoms with Gasteiger partial charge < -0.3 is 14.6 Å². The molecule has 0 aromatic carbocycles. The molecule has 19 heavy (non-hydrogen) atoms. The van der Waals surface area contributed by atoms with Crippen LogP contribution in [-0.4, -0.2) is 28.8 Å².